The Morgan fingerprint density at radius 3 is 1.65 bits per heavy atom. The van der Waals surface area contributed by atoms with Crippen LogP contribution in [0.2, 0.25) is 5.02 Å². The van der Waals surface area contributed by atoms with Gasteiger partial charge in [0.1, 0.15) is 19.5 Å². The average molecular weight is 519 g/mol. The third-order valence-corrected chi connectivity index (χ3v) is 5.54. The Labute approximate surface area is 221 Å². The first-order valence-electron chi connectivity index (χ1n) is 11.4. The average Bonchev–Trinajstić information content (AvgIpc) is 2.96. The molecule has 0 atom stereocenters. The van der Waals surface area contributed by atoms with Crippen LogP contribution in [0.3, 0.4) is 0 Å². The van der Waals surface area contributed by atoms with Crippen molar-refractivity contribution in [2.75, 3.05) is 14.2 Å². The SMILES string of the molecule is COc1cc(Cl)c(C=O)cc1OCc1ccccc1.COc1ccc(C=O)cc1OCc1ccccc1. The lowest BCUT2D eigenvalue weighted by molar-refractivity contribution is 0.111. The van der Waals surface area contributed by atoms with Gasteiger partial charge < -0.3 is 18.9 Å². The summed E-state index contributed by atoms with van der Waals surface area (Å²) in [6.45, 7) is 0.844. The number of hydrogen-bond acceptors (Lipinski definition) is 6. The number of halogens is 1. The molecule has 0 aromatic heterocycles. The van der Waals surface area contributed by atoms with Gasteiger partial charge in [-0.15, -0.1) is 0 Å². The van der Waals surface area contributed by atoms with E-state index in [2.05, 4.69) is 0 Å². The third kappa shape index (κ3) is 8.12. The van der Waals surface area contributed by atoms with Gasteiger partial charge in [-0.05, 0) is 35.4 Å². The minimum absolute atomic E-state index is 0.346. The van der Waals surface area contributed by atoms with Crippen LogP contribution in [0.25, 0.3) is 0 Å². The second-order valence-electron chi connectivity index (χ2n) is 7.72. The van der Waals surface area contributed by atoms with Crippen LogP contribution in [0, 0.1) is 0 Å². The van der Waals surface area contributed by atoms with Crippen LogP contribution in [0.1, 0.15) is 31.8 Å². The summed E-state index contributed by atoms with van der Waals surface area (Å²) in [6.07, 6.45) is 1.48. The predicted molar refractivity (Wildman–Crippen MR) is 143 cm³/mol. The van der Waals surface area contributed by atoms with Crippen LogP contribution in [0.15, 0.2) is 91.0 Å². The molecule has 0 bridgehead atoms. The van der Waals surface area contributed by atoms with E-state index < -0.39 is 0 Å². The molecule has 4 aromatic rings. The number of carbonyl (C=O) groups is 2. The molecular formula is C30H27ClO6. The van der Waals surface area contributed by atoms with Crippen LogP contribution < -0.4 is 18.9 Å². The molecule has 37 heavy (non-hydrogen) atoms. The van der Waals surface area contributed by atoms with E-state index in [4.69, 9.17) is 30.5 Å². The highest BCUT2D eigenvalue weighted by molar-refractivity contribution is 6.33. The molecule has 190 valence electrons. The van der Waals surface area contributed by atoms with Gasteiger partial charge in [-0.3, -0.25) is 9.59 Å². The van der Waals surface area contributed by atoms with Gasteiger partial charge in [0, 0.05) is 17.2 Å². The monoisotopic (exact) mass is 518 g/mol. The molecule has 0 aliphatic rings. The molecule has 0 spiro atoms. The molecule has 0 aliphatic carbocycles. The van der Waals surface area contributed by atoms with Crippen molar-refractivity contribution in [1.29, 1.82) is 0 Å². The topological polar surface area (TPSA) is 71.1 Å². The fourth-order valence-electron chi connectivity index (χ4n) is 3.26. The zero-order valence-electron chi connectivity index (χ0n) is 20.6. The molecule has 4 aromatic carbocycles. The smallest absolute Gasteiger partial charge is 0.162 e. The fourth-order valence-corrected chi connectivity index (χ4v) is 3.46. The maximum atomic E-state index is 10.9. The molecule has 0 amide bonds. The summed E-state index contributed by atoms with van der Waals surface area (Å²) in [5.41, 5.74) is 3.05. The van der Waals surface area contributed by atoms with Gasteiger partial charge in [0.15, 0.2) is 29.3 Å². The normalized spacial score (nSPS) is 9.92. The van der Waals surface area contributed by atoms with Crippen molar-refractivity contribution < 1.29 is 28.5 Å². The second-order valence-corrected chi connectivity index (χ2v) is 8.13. The molecule has 0 aliphatic heterocycles. The van der Waals surface area contributed by atoms with Crippen molar-refractivity contribution in [3.63, 3.8) is 0 Å². The van der Waals surface area contributed by atoms with Crippen molar-refractivity contribution >= 4 is 24.2 Å². The Hall–Kier alpha value is -4.29. The molecule has 0 unspecified atom stereocenters. The van der Waals surface area contributed by atoms with E-state index in [1.807, 2.05) is 60.7 Å². The number of ether oxygens (including phenoxy) is 4. The van der Waals surface area contributed by atoms with Gasteiger partial charge >= 0.3 is 0 Å². The molecule has 0 radical (unpaired) electrons. The van der Waals surface area contributed by atoms with Crippen molar-refractivity contribution in [1.82, 2.24) is 0 Å². The molecule has 0 saturated heterocycles. The first-order valence-corrected chi connectivity index (χ1v) is 11.7. The molecule has 0 N–H and O–H groups in total. The highest BCUT2D eigenvalue weighted by atomic mass is 35.5. The van der Waals surface area contributed by atoms with Crippen LogP contribution in [-0.2, 0) is 13.2 Å². The van der Waals surface area contributed by atoms with Gasteiger partial charge in [0.05, 0.1) is 19.2 Å². The predicted octanol–water partition coefficient (Wildman–Crippen LogP) is 6.83. The first-order chi connectivity index (χ1) is 18.1. The number of hydrogen-bond donors (Lipinski definition) is 0. The number of methoxy groups -OCH3 is 2. The zero-order chi connectivity index (χ0) is 26.5. The summed E-state index contributed by atoms with van der Waals surface area (Å²) in [7, 11) is 3.10. The molecule has 0 saturated carbocycles. The van der Waals surface area contributed by atoms with E-state index in [1.54, 1.807) is 37.4 Å². The molecular weight excluding hydrogens is 492 g/mol. The summed E-state index contributed by atoms with van der Waals surface area (Å²) >= 11 is 5.93. The number of carbonyl (C=O) groups excluding carboxylic acids is 2. The zero-order valence-corrected chi connectivity index (χ0v) is 21.3. The summed E-state index contributed by atoms with van der Waals surface area (Å²) in [5.74, 6) is 2.20. The highest BCUT2D eigenvalue weighted by Crippen LogP contribution is 2.33. The number of aldehydes is 2. The molecule has 4 rings (SSSR count). The highest BCUT2D eigenvalue weighted by Gasteiger charge is 2.10. The van der Waals surface area contributed by atoms with Gasteiger partial charge in [0.25, 0.3) is 0 Å². The van der Waals surface area contributed by atoms with E-state index in [0.717, 1.165) is 17.4 Å². The van der Waals surface area contributed by atoms with Crippen molar-refractivity contribution in [2.45, 2.75) is 13.2 Å². The molecule has 7 heteroatoms. The van der Waals surface area contributed by atoms with Gasteiger partial charge in [-0.2, -0.15) is 0 Å². The maximum Gasteiger partial charge on any atom is 0.162 e. The van der Waals surface area contributed by atoms with Crippen molar-refractivity contribution in [2.24, 2.45) is 0 Å². The fraction of sp³-hybridized carbons (Fsp3) is 0.133. The lowest BCUT2D eigenvalue weighted by Gasteiger charge is -2.12. The summed E-state index contributed by atoms with van der Waals surface area (Å²) in [5, 5.41) is 0.346. The lowest BCUT2D eigenvalue weighted by Crippen LogP contribution is -1.99. The van der Waals surface area contributed by atoms with Crippen LogP contribution in [0.5, 0.6) is 23.0 Å². The lowest BCUT2D eigenvalue weighted by atomic mass is 10.2. The van der Waals surface area contributed by atoms with Crippen LogP contribution >= 0.6 is 11.6 Å². The molecule has 6 nitrogen and oxygen atoms in total. The summed E-state index contributed by atoms with van der Waals surface area (Å²) in [4.78, 5) is 21.6. The second kappa shape index (κ2) is 14.3. The van der Waals surface area contributed by atoms with E-state index >= 15 is 0 Å². The van der Waals surface area contributed by atoms with E-state index in [1.165, 1.54) is 7.11 Å². The van der Waals surface area contributed by atoms with Crippen molar-refractivity contribution in [3.05, 3.63) is 118 Å². The third-order valence-electron chi connectivity index (χ3n) is 5.21. The Bertz CT molecular complexity index is 1290. The first kappa shape index (κ1) is 27.3. The largest absolute Gasteiger partial charge is 0.493 e. The van der Waals surface area contributed by atoms with Crippen LogP contribution in [0.4, 0.5) is 0 Å². The molecule has 0 fully saturated rings. The van der Waals surface area contributed by atoms with Gasteiger partial charge in [0.2, 0.25) is 0 Å². The quantitative estimate of drug-likeness (QED) is 0.214. The Balaban J connectivity index is 0.000000206. The number of benzene rings is 4. The standard InChI is InChI=1S/C15H13ClO3.C15H14O3/c1-18-14-8-13(16)12(9-17)7-15(14)19-10-11-5-3-2-4-6-11;1-17-14-8-7-13(10-16)9-15(14)18-11-12-5-3-2-4-6-12/h2-9H,10H2,1H3;2-10H,11H2,1H3. The van der Waals surface area contributed by atoms with Gasteiger partial charge in [-0.25, -0.2) is 0 Å². The summed E-state index contributed by atoms with van der Waals surface area (Å²) in [6, 6.07) is 27.8. The number of rotatable bonds is 10. The van der Waals surface area contributed by atoms with E-state index in [9.17, 15) is 9.59 Å². The van der Waals surface area contributed by atoms with E-state index in [0.29, 0.717) is 58.6 Å². The molecule has 0 heterocycles. The van der Waals surface area contributed by atoms with Crippen LogP contribution in [-0.4, -0.2) is 26.8 Å². The van der Waals surface area contributed by atoms with E-state index in [-0.39, 0.29) is 0 Å². The van der Waals surface area contributed by atoms with Gasteiger partial charge in [-0.1, -0.05) is 72.3 Å². The van der Waals surface area contributed by atoms with Crippen molar-refractivity contribution in [3.8, 4) is 23.0 Å². The minimum atomic E-state index is 0.346. The Morgan fingerprint density at radius 2 is 1.16 bits per heavy atom. The minimum Gasteiger partial charge on any atom is -0.493 e. The summed E-state index contributed by atoms with van der Waals surface area (Å²) < 4.78 is 21.7. The Morgan fingerprint density at radius 1 is 0.622 bits per heavy atom. The Kier molecular flexibility index (Phi) is 10.6. The maximum absolute atomic E-state index is 10.9.